The summed E-state index contributed by atoms with van der Waals surface area (Å²) in [5.74, 6) is -2.03. The lowest BCUT2D eigenvalue weighted by Gasteiger charge is -2.54. The maximum Gasteiger partial charge on any atom is 0.320 e. The predicted octanol–water partition coefficient (Wildman–Crippen LogP) is 3.33. The van der Waals surface area contributed by atoms with Gasteiger partial charge in [0.1, 0.15) is 0 Å². The number of allylic oxidation sites excluding steroid dienone is 1. The van der Waals surface area contributed by atoms with E-state index in [1.54, 1.807) is 0 Å². The fraction of sp³-hybridized carbons (Fsp3) is 0.750. The molecule has 0 radical (unpaired) electrons. The molecule has 0 aromatic rings. The van der Waals surface area contributed by atoms with Crippen molar-refractivity contribution in [2.75, 3.05) is 0 Å². The van der Waals surface area contributed by atoms with Gasteiger partial charge in [0.2, 0.25) is 0 Å². The highest BCUT2D eigenvalue weighted by Crippen LogP contribution is 2.68. The molecule has 1 aliphatic heterocycles. The summed E-state index contributed by atoms with van der Waals surface area (Å²) in [4.78, 5) is 37.3. The third-order valence-corrected chi connectivity index (χ3v) is 8.03. The van der Waals surface area contributed by atoms with Crippen LogP contribution in [0.4, 0.5) is 0 Å². The van der Waals surface area contributed by atoms with Gasteiger partial charge in [0, 0.05) is 0 Å². The first-order valence-electron chi connectivity index (χ1n) is 9.32. The third kappa shape index (κ3) is 1.92. The summed E-state index contributed by atoms with van der Waals surface area (Å²) >= 11 is 0. The van der Waals surface area contributed by atoms with E-state index in [1.807, 2.05) is 13.8 Å². The van der Waals surface area contributed by atoms with E-state index in [0.717, 1.165) is 31.3 Å². The lowest BCUT2D eigenvalue weighted by atomic mass is 9.46. The van der Waals surface area contributed by atoms with Gasteiger partial charge in [-0.3, -0.25) is 14.4 Å². The van der Waals surface area contributed by atoms with E-state index in [2.05, 4.69) is 6.58 Å². The summed E-state index contributed by atoms with van der Waals surface area (Å²) in [5, 5.41) is 10.1. The SMILES string of the molecule is C=C1CC2(C(=O)O)CC1CCC2C1(C)CCCC2(C)C(=O)OC(=O)C21. The van der Waals surface area contributed by atoms with Gasteiger partial charge in [-0.1, -0.05) is 25.5 Å². The molecule has 2 bridgehead atoms. The average Bonchev–Trinajstić information content (AvgIpc) is 2.92. The molecule has 5 heteroatoms. The van der Waals surface area contributed by atoms with Crippen LogP contribution in [0.1, 0.15) is 58.8 Å². The monoisotopic (exact) mass is 346 g/mol. The van der Waals surface area contributed by atoms with Crippen molar-refractivity contribution < 1.29 is 24.2 Å². The Morgan fingerprint density at radius 2 is 1.96 bits per heavy atom. The van der Waals surface area contributed by atoms with Crippen LogP contribution in [0.25, 0.3) is 0 Å². The van der Waals surface area contributed by atoms with Crippen molar-refractivity contribution in [1.82, 2.24) is 0 Å². The van der Waals surface area contributed by atoms with Crippen LogP contribution in [0, 0.1) is 34.0 Å². The zero-order valence-corrected chi connectivity index (χ0v) is 15.0. The minimum atomic E-state index is -0.848. The molecule has 6 atom stereocenters. The van der Waals surface area contributed by atoms with E-state index in [-0.39, 0.29) is 11.8 Å². The molecule has 5 nitrogen and oxygen atoms in total. The number of aliphatic carboxylic acids is 1. The van der Waals surface area contributed by atoms with Crippen molar-refractivity contribution >= 4 is 17.9 Å². The van der Waals surface area contributed by atoms with Crippen molar-refractivity contribution in [2.45, 2.75) is 58.8 Å². The van der Waals surface area contributed by atoms with E-state index < -0.39 is 40.1 Å². The second kappa shape index (κ2) is 4.95. The number of carboxylic acid groups (broad SMARTS) is 1. The van der Waals surface area contributed by atoms with Crippen LogP contribution in [-0.4, -0.2) is 23.0 Å². The van der Waals surface area contributed by atoms with Crippen molar-refractivity contribution in [2.24, 2.45) is 34.0 Å². The molecule has 3 saturated carbocycles. The molecule has 136 valence electrons. The first-order chi connectivity index (χ1) is 11.6. The maximum atomic E-state index is 12.6. The lowest BCUT2D eigenvalue weighted by molar-refractivity contribution is -0.170. The molecule has 6 unspecified atom stereocenters. The summed E-state index contributed by atoms with van der Waals surface area (Å²) in [6.07, 6.45) is 5.06. The number of hydrogen-bond acceptors (Lipinski definition) is 4. The highest BCUT2D eigenvalue weighted by atomic mass is 16.6. The zero-order chi connectivity index (χ0) is 18.2. The topological polar surface area (TPSA) is 80.7 Å². The molecule has 1 N–H and O–H groups in total. The van der Waals surface area contributed by atoms with Gasteiger partial charge in [-0.05, 0) is 62.7 Å². The number of esters is 2. The third-order valence-electron chi connectivity index (χ3n) is 8.03. The van der Waals surface area contributed by atoms with Crippen molar-refractivity contribution in [3.63, 3.8) is 0 Å². The molecule has 25 heavy (non-hydrogen) atoms. The van der Waals surface area contributed by atoms with Crippen LogP contribution in [0.15, 0.2) is 12.2 Å². The van der Waals surface area contributed by atoms with Crippen molar-refractivity contribution in [3.8, 4) is 0 Å². The standard InChI is InChI=1S/C20H26O5/c1-11-9-20(16(22)23)10-12(11)5-6-13(20)18(2)7-4-8-19(3)14(18)15(21)25-17(19)24/h12-14H,1,4-10H2,2-3H3,(H,22,23). The first-order valence-corrected chi connectivity index (χ1v) is 9.32. The lowest BCUT2D eigenvalue weighted by Crippen LogP contribution is -2.55. The van der Waals surface area contributed by atoms with E-state index in [1.165, 1.54) is 0 Å². The van der Waals surface area contributed by atoms with E-state index >= 15 is 0 Å². The second-order valence-corrected chi connectivity index (χ2v) is 9.25. The van der Waals surface area contributed by atoms with Crippen LogP contribution in [0.3, 0.4) is 0 Å². The number of ether oxygens (including phenoxy) is 1. The highest BCUT2D eigenvalue weighted by molar-refractivity contribution is 5.99. The second-order valence-electron chi connectivity index (χ2n) is 9.25. The Morgan fingerprint density at radius 3 is 2.64 bits per heavy atom. The largest absolute Gasteiger partial charge is 0.481 e. The molecule has 3 aliphatic carbocycles. The van der Waals surface area contributed by atoms with Gasteiger partial charge in [-0.2, -0.15) is 0 Å². The van der Waals surface area contributed by atoms with E-state index in [0.29, 0.717) is 19.3 Å². The molecule has 4 rings (SSSR count). The Hall–Kier alpha value is -1.65. The number of hydrogen-bond donors (Lipinski definition) is 1. The number of carboxylic acids is 1. The smallest absolute Gasteiger partial charge is 0.320 e. The van der Waals surface area contributed by atoms with Gasteiger partial charge in [-0.15, -0.1) is 0 Å². The number of fused-ring (bicyclic) bond motifs is 3. The van der Waals surface area contributed by atoms with Crippen molar-refractivity contribution in [3.05, 3.63) is 12.2 Å². The predicted molar refractivity (Wildman–Crippen MR) is 89.3 cm³/mol. The molecular weight excluding hydrogens is 320 g/mol. The molecule has 0 aromatic carbocycles. The van der Waals surface area contributed by atoms with Crippen LogP contribution >= 0.6 is 0 Å². The van der Waals surface area contributed by atoms with Crippen LogP contribution in [0.2, 0.25) is 0 Å². The highest BCUT2D eigenvalue weighted by Gasteiger charge is 2.69. The van der Waals surface area contributed by atoms with Gasteiger partial charge in [-0.25, -0.2) is 0 Å². The number of rotatable bonds is 2. The number of cyclic esters (lactones) is 2. The van der Waals surface area contributed by atoms with Gasteiger partial charge >= 0.3 is 17.9 Å². The Kier molecular flexibility index (Phi) is 3.33. The van der Waals surface area contributed by atoms with Crippen LogP contribution < -0.4 is 0 Å². The molecule has 0 aromatic heterocycles. The summed E-state index contributed by atoms with van der Waals surface area (Å²) in [7, 11) is 0. The van der Waals surface area contributed by atoms with Gasteiger partial charge < -0.3 is 9.84 Å². The average molecular weight is 346 g/mol. The first kappa shape index (κ1) is 16.8. The number of carbonyl (C=O) groups is 3. The molecule has 0 amide bonds. The molecular formula is C20H26O5. The van der Waals surface area contributed by atoms with E-state index in [4.69, 9.17) is 4.74 Å². The molecule has 1 heterocycles. The summed E-state index contributed by atoms with van der Waals surface area (Å²) < 4.78 is 5.05. The van der Waals surface area contributed by atoms with Gasteiger partial charge in [0.05, 0.1) is 16.7 Å². The van der Waals surface area contributed by atoms with Crippen LogP contribution in [0.5, 0.6) is 0 Å². The van der Waals surface area contributed by atoms with Crippen molar-refractivity contribution in [1.29, 1.82) is 0 Å². The molecule has 4 aliphatic rings. The Labute approximate surface area is 147 Å². The molecule has 1 saturated heterocycles. The van der Waals surface area contributed by atoms with Crippen LogP contribution in [-0.2, 0) is 19.1 Å². The normalized spacial score (nSPS) is 49.0. The summed E-state index contributed by atoms with van der Waals surface area (Å²) in [6, 6.07) is 0. The zero-order valence-electron chi connectivity index (χ0n) is 15.0. The Balaban J connectivity index is 1.82. The fourth-order valence-electron chi connectivity index (χ4n) is 6.94. The minimum Gasteiger partial charge on any atom is -0.481 e. The quantitative estimate of drug-likeness (QED) is 0.471. The van der Waals surface area contributed by atoms with Gasteiger partial charge in [0.15, 0.2) is 0 Å². The summed E-state index contributed by atoms with van der Waals surface area (Å²) in [6.45, 7) is 7.99. The Morgan fingerprint density at radius 1 is 1.24 bits per heavy atom. The summed E-state index contributed by atoms with van der Waals surface area (Å²) in [5.41, 5.74) is -1.14. The molecule has 0 spiro atoms. The Bertz CT molecular complexity index is 696. The molecule has 4 fully saturated rings. The van der Waals surface area contributed by atoms with E-state index in [9.17, 15) is 19.5 Å². The minimum absolute atomic E-state index is 0.129. The number of carbonyl (C=O) groups excluding carboxylic acids is 2. The van der Waals surface area contributed by atoms with Gasteiger partial charge in [0.25, 0.3) is 0 Å². The maximum absolute atomic E-state index is 12.6. The fourth-order valence-corrected chi connectivity index (χ4v) is 6.94.